The van der Waals surface area contributed by atoms with Crippen molar-refractivity contribution < 1.29 is 23.7 Å². The van der Waals surface area contributed by atoms with E-state index in [-0.39, 0.29) is 35.6 Å². The third kappa shape index (κ3) is 6.76. The molecule has 0 spiro atoms. The highest BCUT2D eigenvalue weighted by molar-refractivity contribution is 6.48. The molecule has 2 aromatic carbocycles. The molecule has 3 saturated carbocycles. The van der Waals surface area contributed by atoms with Gasteiger partial charge >= 0.3 is 7.12 Å². The topological polar surface area (TPSA) is 132 Å². The average molecular weight is 652 g/mol. The highest BCUT2D eigenvalue weighted by atomic mass is 16.7. The summed E-state index contributed by atoms with van der Waals surface area (Å²) < 4.78 is 13.3. The Balaban J connectivity index is 1.21. The molecule has 3 N–H and O–H groups in total. The molecule has 7 rings (SSSR count). The third-order valence-corrected chi connectivity index (χ3v) is 10.7. The summed E-state index contributed by atoms with van der Waals surface area (Å²) in [5.41, 5.74) is 2.75. The minimum atomic E-state index is -1.11. The molecular formula is C37H46BN5O5. The van der Waals surface area contributed by atoms with E-state index in [1.54, 1.807) is 18.2 Å². The van der Waals surface area contributed by atoms with Gasteiger partial charge < -0.3 is 25.3 Å². The largest absolute Gasteiger partial charge is 0.481 e. The maximum atomic E-state index is 14.1. The summed E-state index contributed by atoms with van der Waals surface area (Å²) >= 11 is 0. The van der Waals surface area contributed by atoms with E-state index in [0.717, 1.165) is 24.0 Å². The molecule has 2 bridgehead atoms. The first-order valence-electron chi connectivity index (χ1n) is 17.0. The SMILES string of the molecule is Cc1ccc(C(=O)NC[C@H](NC(=O)c2cc(-c3ccccc3)ncn2)C(=O)N[C@@H](CC(C)C)B2O[C@@H]3C[C@@H]4C[C@@H](C4(C)C)[C@]3(C)O2)cc1. The van der Waals surface area contributed by atoms with Crippen molar-refractivity contribution in [3.05, 3.63) is 83.8 Å². The third-order valence-electron chi connectivity index (χ3n) is 10.7. The molecular weight excluding hydrogens is 605 g/mol. The van der Waals surface area contributed by atoms with Gasteiger partial charge in [0.15, 0.2) is 0 Å². The second-order valence-corrected chi connectivity index (χ2v) is 14.8. The summed E-state index contributed by atoms with van der Waals surface area (Å²) in [6.07, 6.45) is 3.96. The minimum Gasteiger partial charge on any atom is -0.404 e. The molecule has 4 aliphatic rings. The van der Waals surface area contributed by atoms with Gasteiger partial charge in [0.05, 0.1) is 23.3 Å². The van der Waals surface area contributed by atoms with Gasteiger partial charge in [-0.05, 0) is 74.5 Å². The number of aromatic nitrogens is 2. The van der Waals surface area contributed by atoms with Crippen molar-refractivity contribution in [3.63, 3.8) is 0 Å². The molecule has 1 aliphatic heterocycles. The maximum Gasteiger partial charge on any atom is 0.481 e. The van der Waals surface area contributed by atoms with E-state index in [9.17, 15) is 14.4 Å². The lowest BCUT2D eigenvalue weighted by Crippen LogP contribution is -2.65. The van der Waals surface area contributed by atoms with Crippen LogP contribution in [-0.4, -0.2) is 65.0 Å². The van der Waals surface area contributed by atoms with Crippen molar-refractivity contribution in [2.45, 2.75) is 84.5 Å². The standard InChI is InChI=1S/C37H46BN5O5/c1-22(2)16-32(38-47-31-18-26-17-30(36(26,4)5)37(31,6)48-38)43-35(46)29(20-39-33(44)25-14-12-23(3)13-15-25)42-34(45)28-19-27(40-21-41-28)24-10-8-7-9-11-24/h7-15,19,21-22,26,29-32H,16-18,20H2,1-6H3,(H,39,44)(H,42,45)(H,43,46)/t26-,29-,30-,31+,32-,37-/m0/s1. The molecule has 0 unspecified atom stereocenters. The van der Waals surface area contributed by atoms with Crippen LogP contribution in [0.25, 0.3) is 11.3 Å². The average Bonchev–Trinajstić information content (AvgIpc) is 3.44. The van der Waals surface area contributed by atoms with Crippen LogP contribution in [0.1, 0.15) is 80.3 Å². The lowest BCUT2D eigenvalue weighted by molar-refractivity contribution is -0.199. The Morgan fingerprint density at radius 3 is 2.38 bits per heavy atom. The van der Waals surface area contributed by atoms with Crippen LogP contribution in [0.2, 0.25) is 0 Å². The monoisotopic (exact) mass is 651 g/mol. The molecule has 3 aliphatic carbocycles. The Labute approximate surface area is 283 Å². The highest BCUT2D eigenvalue weighted by Gasteiger charge is 2.68. The van der Waals surface area contributed by atoms with E-state index in [1.807, 2.05) is 49.4 Å². The minimum absolute atomic E-state index is 0.0355. The van der Waals surface area contributed by atoms with Gasteiger partial charge in [0.25, 0.3) is 11.8 Å². The summed E-state index contributed by atoms with van der Waals surface area (Å²) in [4.78, 5) is 49.2. The lowest BCUT2D eigenvalue weighted by atomic mass is 9.43. The normalized spacial score (nSPS) is 25.0. The van der Waals surface area contributed by atoms with E-state index >= 15 is 0 Å². The van der Waals surface area contributed by atoms with Crippen molar-refractivity contribution in [1.29, 1.82) is 0 Å². The maximum absolute atomic E-state index is 14.1. The Hall–Kier alpha value is -4.09. The molecule has 11 heteroatoms. The van der Waals surface area contributed by atoms with Crippen LogP contribution in [0, 0.1) is 30.1 Å². The van der Waals surface area contributed by atoms with Gasteiger partial charge in [0.2, 0.25) is 5.91 Å². The fraction of sp³-hybridized carbons (Fsp3) is 0.486. The number of nitrogens with zero attached hydrogens (tertiary/aromatic N) is 2. The molecule has 4 fully saturated rings. The molecule has 0 radical (unpaired) electrons. The number of nitrogens with one attached hydrogen (secondary N) is 3. The first-order chi connectivity index (χ1) is 22.8. The van der Waals surface area contributed by atoms with Crippen molar-refractivity contribution in [2.24, 2.45) is 23.2 Å². The molecule has 1 saturated heterocycles. The van der Waals surface area contributed by atoms with Crippen LogP contribution in [0.5, 0.6) is 0 Å². The molecule has 2 heterocycles. The van der Waals surface area contributed by atoms with Gasteiger partial charge in [-0.3, -0.25) is 14.4 Å². The molecule has 252 valence electrons. The quantitative estimate of drug-likeness (QED) is 0.255. The van der Waals surface area contributed by atoms with Gasteiger partial charge in [-0.1, -0.05) is 75.7 Å². The van der Waals surface area contributed by atoms with Crippen molar-refractivity contribution >= 4 is 24.8 Å². The van der Waals surface area contributed by atoms with Crippen LogP contribution in [0.15, 0.2) is 67.0 Å². The zero-order valence-electron chi connectivity index (χ0n) is 28.7. The number of amides is 3. The smallest absolute Gasteiger partial charge is 0.404 e. The molecule has 48 heavy (non-hydrogen) atoms. The summed E-state index contributed by atoms with van der Waals surface area (Å²) in [6.45, 7) is 12.8. The Morgan fingerprint density at radius 1 is 0.958 bits per heavy atom. The van der Waals surface area contributed by atoms with Gasteiger partial charge in [-0.25, -0.2) is 9.97 Å². The Morgan fingerprint density at radius 2 is 1.69 bits per heavy atom. The molecule has 3 amide bonds. The number of carbonyl (C=O) groups excluding carboxylic acids is 3. The molecule has 3 aromatic rings. The zero-order chi connectivity index (χ0) is 34.2. The predicted molar refractivity (Wildman–Crippen MR) is 184 cm³/mol. The summed E-state index contributed by atoms with van der Waals surface area (Å²) in [7, 11) is -0.629. The second-order valence-electron chi connectivity index (χ2n) is 14.8. The van der Waals surface area contributed by atoms with E-state index in [2.05, 4.69) is 60.5 Å². The van der Waals surface area contributed by atoms with Gasteiger partial charge in [-0.15, -0.1) is 0 Å². The molecule has 10 nitrogen and oxygen atoms in total. The van der Waals surface area contributed by atoms with Crippen molar-refractivity contribution in [3.8, 4) is 11.3 Å². The predicted octanol–water partition coefficient (Wildman–Crippen LogP) is 4.78. The number of hydrogen-bond acceptors (Lipinski definition) is 7. The van der Waals surface area contributed by atoms with Gasteiger partial charge in [0.1, 0.15) is 18.1 Å². The van der Waals surface area contributed by atoms with E-state index in [0.29, 0.717) is 29.5 Å². The number of carbonyl (C=O) groups is 3. The number of hydrogen-bond donors (Lipinski definition) is 3. The van der Waals surface area contributed by atoms with E-state index in [1.165, 1.54) is 6.33 Å². The summed E-state index contributed by atoms with van der Waals surface area (Å²) in [5, 5.41) is 8.80. The van der Waals surface area contributed by atoms with Crippen LogP contribution >= 0.6 is 0 Å². The summed E-state index contributed by atoms with van der Waals surface area (Å²) in [5.74, 6) is -0.615. The highest BCUT2D eigenvalue weighted by Crippen LogP contribution is 2.65. The Bertz CT molecular complexity index is 1650. The van der Waals surface area contributed by atoms with E-state index < -0.39 is 36.5 Å². The Kier molecular flexibility index (Phi) is 9.46. The summed E-state index contributed by atoms with van der Waals surface area (Å²) in [6, 6.07) is 17.1. The second kappa shape index (κ2) is 13.4. The lowest BCUT2D eigenvalue weighted by Gasteiger charge is -2.64. The fourth-order valence-electron chi connectivity index (χ4n) is 7.79. The van der Waals surface area contributed by atoms with E-state index in [4.69, 9.17) is 9.31 Å². The van der Waals surface area contributed by atoms with Crippen molar-refractivity contribution in [1.82, 2.24) is 25.9 Å². The van der Waals surface area contributed by atoms with Crippen LogP contribution in [0.3, 0.4) is 0 Å². The first-order valence-corrected chi connectivity index (χ1v) is 17.0. The van der Waals surface area contributed by atoms with Crippen molar-refractivity contribution in [2.75, 3.05) is 6.54 Å². The van der Waals surface area contributed by atoms with Gasteiger partial charge in [-0.2, -0.15) is 0 Å². The molecule has 6 atom stereocenters. The molecule has 1 aromatic heterocycles. The number of aryl methyl sites for hydroxylation is 1. The van der Waals surface area contributed by atoms with Gasteiger partial charge in [0, 0.05) is 17.7 Å². The first kappa shape index (κ1) is 33.8. The van der Waals surface area contributed by atoms with Crippen LogP contribution < -0.4 is 16.0 Å². The number of rotatable bonds is 11. The van der Waals surface area contributed by atoms with Crippen LogP contribution in [-0.2, 0) is 14.1 Å². The zero-order valence-corrected chi connectivity index (χ0v) is 28.7. The fourth-order valence-corrected chi connectivity index (χ4v) is 7.79. The number of benzene rings is 2. The van der Waals surface area contributed by atoms with Crippen LogP contribution in [0.4, 0.5) is 0 Å².